The van der Waals surface area contributed by atoms with Gasteiger partial charge < -0.3 is 10.1 Å². The number of carbonyl (C=O) groups excluding carboxylic acids is 1. The Hall–Kier alpha value is -1.36. The average Bonchev–Trinajstić information content (AvgIpc) is 2.84. The van der Waals surface area contributed by atoms with Gasteiger partial charge in [0.15, 0.2) is 0 Å². The molecule has 0 radical (unpaired) electrons. The summed E-state index contributed by atoms with van der Waals surface area (Å²) in [6.07, 6.45) is 6.32. The molecule has 1 aliphatic carbocycles. The number of ether oxygens (including phenoxy) is 1. The molecular formula is C15H23N3O2. The number of nitrogens with zero attached hydrogens (tertiary/aromatic N) is 2. The second kappa shape index (κ2) is 5.56. The third-order valence-corrected chi connectivity index (χ3v) is 4.32. The molecule has 3 atom stereocenters. The molecule has 1 saturated heterocycles. The van der Waals surface area contributed by atoms with Crippen molar-refractivity contribution >= 4 is 5.91 Å². The summed E-state index contributed by atoms with van der Waals surface area (Å²) in [5, 5.41) is 7.62. The van der Waals surface area contributed by atoms with Crippen molar-refractivity contribution in [3.05, 3.63) is 17.5 Å². The summed E-state index contributed by atoms with van der Waals surface area (Å²) in [6.45, 7) is 3.64. The van der Waals surface area contributed by atoms with Crippen LogP contribution in [0.25, 0.3) is 0 Å². The van der Waals surface area contributed by atoms with Gasteiger partial charge in [-0.1, -0.05) is 13.3 Å². The Labute approximate surface area is 119 Å². The average molecular weight is 277 g/mol. The lowest BCUT2D eigenvalue weighted by Gasteiger charge is -2.08. The molecule has 1 N–H and O–H groups in total. The first-order valence-electron chi connectivity index (χ1n) is 7.61. The van der Waals surface area contributed by atoms with Gasteiger partial charge in [-0.15, -0.1) is 0 Å². The van der Waals surface area contributed by atoms with Gasteiger partial charge >= 0.3 is 0 Å². The Morgan fingerprint density at radius 3 is 3.15 bits per heavy atom. The van der Waals surface area contributed by atoms with Gasteiger partial charge in [-0.3, -0.25) is 9.48 Å². The number of rotatable bonds is 5. The molecule has 1 aliphatic heterocycles. The SMILES string of the molecule is CCC[C@@H]1C[C@H]1NC(=O)c1cn(C)nc1[C@H]1CCOC1. The van der Waals surface area contributed by atoms with Crippen LogP contribution in [0.1, 0.15) is 54.6 Å². The van der Waals surface area contributed by atoms with Gasteiger partial charge in [0.25, 0.3) is 5.91 Å². The van der Waals surface area contributed by atoms with Crippen LogP contribution in [0.4, 0.5) is 0 Å². The monoisotopic (exact) mass is 277 g/mol. The van der Waals surface area contributed by atoms with E-state index in [2.05, 4.69) is 17.3 Å². The van der Waals surface area contributed by atoms with Crippen molar-refractivity contribution in [2.45, 2.75) is 44.6 Å². The number of carbonyl (C=O) groups is 1. The Balaban J connectivity index is 1.68. The minimum absolute atomic E-state index is 0.0311. The molecule has 0 bridgehead atoms. The zero-order valence-electron chi connectivity index (χ0n) is 12.3. The van der Waals surface area contributed by atoms with E-state index in [0.29, 0.717) is 18.6 Å². The predicted molar refractivity (Wildman–Crippen MR) is 75.7 cm³/mol. The molecule has 3 rings (SSSR count). The first-order chi connectivity index (χ1) is 9.69. The molecule has 1 aromatic rings. The fourth-order valence-corrected chi connectivity index (χ4v) is 3.09. The van der Waals surface area contributed by atoms with Crippen molar-refractivity contribution < 1.29 is 9.53 Å². The Bertz CT molecular complexity index is 491. The van der Waals surface area contributed by atoms with Gasteiger partial charge in [-0.2, -0.15) is 5.10 Å². The number of amides is 1. The largest absolute Gasteiger partial charge is 0.381 e. The van der Waals surface area contributed by atoms with E-state index in [9.17, 15) is 4.79 Å². The molecule has 5 heteroatoms. The standard InChI is InChI=1S/C15H23N3O2/c1-3-4-10-7-13(10)16-15(19)12-8-18(2)17-14(12)11-5-6-20-9-11/h8,10-11,13H,3-7,9H2,1-2H3,(H,16,19)/t10-,11+,13-/m1/s1. The van der Waals surface area contributed by atoms with Crippen LogP contribution in [0.15, 0.2) is 6.20 Å². The normalized spacial score (nSPS) is 28.6. The third kappa shape index (κ3) is 2.73. The lowest BCUT2D eigenvalue weighted by molar-refractivity contribution is 0.0947. The van der Waals surface area contributed by atoms with Crippen LogP contribution in [0.3, 0.4) is 0 Å². The third-order valence-electron chi connectivity index (χ3n) is 4.32. The van der Waals surface area contributed by atoms with E-state index in [1.54, 1.807) is 4.68 Å². The van der Waals surface area contributed by atoms with Crippen LogP contribution < -0.4 is 5.32 Å². The summed E-state index contributed by atoms with van der Waals surface area (Å²) in [5.41, 5.74) is 1.63. The van der Waals surface area contributed by atoms with Crippen molar-refractivity contribution in [2.75, 3.05) is 13.2 Å². The number of aromatic nitrogens is 2. The maximum Gasteiger partial charge on any atom is 0.254 e. The van der Waals surface area contributed by atoms with Gasteiger partial charge in [-0.05, 0) is 25.2 Å². The Morgan fingerprint density at radius 2 is 2.45 bits per heavy atom. The van der Waals surface area contributed by atoms with E-state index < -0.39 is 0 Å². The molecule has 1 aromatic heterocycles. The van der Waals surface area contributed by atoms with Crippen LogP contribution in [0.5, 0.6) is 0 Å². The highest BCUT2D eigenvalue weighted by atomic mass is 16.5. The van der Waals surface area contributed by atoms with Gasteiger partial charge in [-0.25, -0.2) is 0 Å². The topological polar surface area (TPSA) is 56.2 Å². The highest BCUT2D eigenvalue weighted by Crippen LogP contribution is 2.35. The highest BCUT2D eigenvalue weighted by molar-refractivity contribution is 5.95. The van der Waals surface area contributed by atoms with Crippen molar-refractivity contribution in [1.82, 2.24) is 15.1 Å². The van der Waals surface area contributed by atoms with Gasteiger partial charge in [0.05, 0.1) is 17.9 Å². The molecule has 110 valence electrons. The molecular weight excluding hydrogens is 254 g/mol. The minimum atomic E-state index is 0.0311. The number of aryl methyl sites for hydroxylation is 1. The smallest absolute Gasteiger partial charge is 0.254 e. The van der Waals surface area contributed by atoms with Crippen LogP contribution in [-0.2, 0) is 11.8 Å². The van der Waals surface area contributed by atoms with Crippen LogP contribution >= 0.6 is 0 Å². The maximum atomic E-state index is 12.4. The lowest BCUT2D eigenvalue weighted by atomic mass is 10.0. The predicted octanol–water partition coefficient (Wildman–Crippen LogP) is 1.84. The minimum Gasteiger partial charge on any atom is -0.381 e. The van der Waals surface area contributed by atoms with E-state index in [0.717, 1.165) is 30.7 Å². The zero-order valence-corrected chi connectivity index (χ0v) is 12.3. The van der Waals surface area contributed by atoms with Crippen molar-refractivity contribution in [2.24, 2.45) is 13.0 Å². The van der Waals surface area contributed by atoms with Crippen LogP contribution in [0, 0.1) is 5.92 Å². The first kappa shape index (κ1) is 13.6. The van der Waals surface area contributed by atoms with E-state index >= 15 is 0 Å². The van der Waals surface area contributed by atoms with Gasteiger partial charge in [0, 0.05) is 31.8 Å². The van der Waals surface area contributed by atoms with Crippen molar-refractivity contribution in [1.29, 1.82) is 0 Å². The Morgan fingerprint density at radius 1 is 1.60 bits per heavy atom. The van der Waals surface area contributed by atoms with Crippen LogP contribution in [0.2, 0.25) is 0 Å². The van der Waals surface area contributed by atoms with Crippen molar-refractivity contribution in [3.8, 4) is 0 Å². The van der Waals surface area contributed by atoms with Crippen LogP contribution in [-0.4, -0.2) is 34.9 Å². The van der Waals surface area contributed by atoms with E-state index in [1.165, 1.54) is 12.8 Å². The molecule has 1 amide bonds. The quantitative estimate of drug-likeness (QED) is 0.893. The number of hydrogen-bond acceptors (Lipinski definition) is 3. The second-order valence-electron chi connectivity index (χ2n) is 6.03. The summed E-state index contributed by atoms with van der Waals surface area (Å²) in [6, 6.07) is 0.371. The first-order valence-corrected chi connectivity index (χ1v) is 7.61. The fourth-order valence-electron chi connectivity index (χ4n) is 3.09. The van der Waals surface area contributed by atoms with E-state index in [1.807, 2.05) is 13.2 Å². The fraction of sp³-hybridized carbons (Fsp3) is 0.733. The molecule has 0 spiro atoms. The van der Waals surface area contributed by atoms with Gasteiger partial charge in [0.2, 0.25) is 0 Å². The maximum absolute atomic E-state index is 12.4. The summed E-state index contributed by atoms with van der Waals surface area (Å²) < 4.78 is 7.15. The molecule has 1 saturated carbocycles. The molecule has 0 aromatic carbocycles. The Kier molecular flexibility index (Phi) is 3.78. The molecule has 2 aliphatic rings. The zero-order chi connectivity index (χ0) is 14.1. The van der Waals surface area contributed by atoms with Crippen molar-refractivity contribution in [3.63, 3.8) is 0 Å². The molecule has 0 unspecified atom stereocenters. The number of hydrogen-bond donors (Lipinski definition) is 1. The van der Waals surface area contributed by atoms with E-state index in [-0.39, 0.29) is 11.8 Å². The summed E-state index contributed by atoms with van der Waals surface area (Å²) >= 11 is 0. The summed E-state index contributed by atoms with van der Waals surface area (Å²) in [7, 11) is 1.87. The summed E-state index contributed by atoms with van der Waals surface area (Å²) in [5.74, 6) is 0.977. The lowest BCUT2D eigenvalue weighted by Crippen LogP contribution is -2.27. The van der Waals surface area contributed by atoms with E-state index in [4.69, 9.17) is 4.74 Å². The highest BCUT2D eigenvalue weighted by Gasteiger charge is 2.38. The molecule has 2 heterocycles. The molecule has 20 heavy (non-hydrogen) atoms. The number of nitrogens with one attached hydrogen (secondary N) is 1. The summed E-state index contributed by atoms with van der Waals surface area (Å²) in [4.78, 5) is 12.4. The molecule has 5 nitrogen and oxygen atoms in total. The van der Waals surface area contributed by atoms with Gasteiger partial charge in [0.1, 0.15) is 0 Å². The second-order valence-corrected chi connectivity index (χ2v) is 6.03. The molecule has 2 fully saturated rings.